The molecule has 0 bridgehead atoms. The van der Waals surface area contributed by atoms with Crippen molar-refractivity contribution >= 4 is 0 Å². The van der Waals surface area contributed by atoms with E-state index in [-0.39, 0.29) is 12.2 Å². The van der Waals surface area contributed by atoms with Crippen LogP contribution in [0.1, 0.15) is 79.6 Å². The van der Waals surface area contributed by atoms with Crippen LogP contribution in [-0.2, 0) is 18.9 Å². The third kappa shape index (κ3) is 12.7. The van der Waals surface area contributed by atoms with Crippen molar-refractivity contribution in [2.45, 2.75) is 104 Å². The molecule has 0 amide bonds. The Bertz CT molecular complexity index is 278. The highest BCUT2D eigenvalue weighted by atomic mass is 19.1. The van der Waals surface area contributed by atoms with E-state index in [0.29, 0.717) is 32.8 Å². The van der Waals surface area contributed by atoms with Gasteiger partial charge in [0.2, 0.25) is 6.36 Å². The molecule has 0 aliphatic rings. The summed E-state index contributed by atoms with van der Waals surface area (Å²) in [4.78, 5) is 0. The fourth-order valence-corrected chi connectivity index (χ4v) is 2.30. The molecule has 0 fully saturated rings. The molecule has 0 heterocycles. The molecule has 5 heteroatoms. The van der Waals surface area contributed by atoms with Crippen LogP contribution < -0.4 is 0 Å². The third-order valence-electron chi connectivity index (χ3n) is 4.12. The largest absolute Gasteiger partial charge is 0.379 e. The van der Waals surface area contributed by atoms with E-state index < -0.39 is 12.5 Å². The number of hydrogen-bond acceptors (Lipinski definition) is 4. The lowest BCUT2D eigenvalue weighted by atomic mass is 10.1. The lowest BCUT2D eigenvalue weighted by Crippen LogP contribution is -2.40. The van der Waals surface area contributed by atoms with Crippen LogP contribution in [-0.4, -0.2) is 51.1 Å². The zero-order valence-corrected chi connectivity index (χ0v) is 17.1. The van der Waals surface area contributed by atoms with E-state index in [1.54, 1.807) is 6.92 Å². The lowest BCUT2D eigenvalue weighted by Gasteiger charge is -2.29. The highest BCUT2D eigenvalue weighted by molar-refractivity contribution is 4.72. The van der Waals surface area contributed by atoms with E-state index in [1.165, 1.54) is 0 Å². The van der Waals surface area contributed by atoms with Crippen molar-refractivity contribution < 1.29 is 23.3 Å². The Morgan fingerprint density at radius 2 is 1.32 bits per heavy atom. The Kier molecular flexibility index (Phi) is 17.0. The predicted molar refractivity (Wildman–Crippen MR) is 101 cm³/mol. The Balaban J connectivity index is 4.50. The maximum atomic E-state index is 14.4. The average Bonchev–Trinajstić information content (AvgIpc) is 2.62. The summed E-state index contributed by atoms with van der Waals surface area (Å²) >= 11 is 0. The molecule has 2 unspecified atom stereocenters. The molecule has 0 saturated carbocycles. The molecular formula is C20H41FO4. The van der Waals surface area contributed by atoms with Crippen LogP contribution in [0, 0.1) is 0 Å². The van der Waals surface area contributed by atoms with Gasteiger partial charge in [-0.1, -0.05) is 47.0 Å². The van der Waals surface area contributed by atoms with E-state index in [4.69, 9.17) is 18.9 Å². The van der Waals surface area contributed by atoms with Gasteiger partial charge in [0.15, 0.2) is 0 Å². The molecule has 0 N–H and O–H groups in total. The molecule has 0 rings (SSSR count). The Labute approximate surface area is 154 Å². The Morgan fingerprint density at radius 3 is 1.88 bits per heavy atom. The summed E-state index contributed by atoms with van der Waals surface area (Å²) in [7, 11) is 0. The molecule has 0 radical (unpaired) electrons. The van der Waals surface area contributed by atoms with Gasteiger partial charge in [0.05, 0.1) is 12.7 Å². The van der Waals surface area contributed by atoms with Gasteiger partial charge >= 0.3 is 0 Å². The van der Waals surface area contributed by atoms with Crippen LogP contribution in [0.2, 0.25) is 0 Å². The maximum absolute atomic E-state index is 14.4. The first kappa shape index (κ1) is 24.8. The molecule has 0 saturated heterocycles. The standard InChI is InChI=1S/C20H41FO4/c1-6-10-13-22-16-19(24-15-12-8-3)18(9-4)25-20(21)17(5)23-14-11-7-2/h17-20H,6-16H2,1-5H3/t17-,18?,19+,20?/m0/s1. The minimum atomic E-state index is -1.45. The highest BCUT2D eigenvalue weighted by Crippen LogP contribution is 2.17. The monoisotopic (exact) mass is 364 g/mol. The first-order valence-corrected chi connectivity index (χ1v) is 10.2. The zero-order chi connectivity index (χ0) is 18.9. The molecule has 0 aromatic carbocycles. The van der Waals surface area contributed by atoms with Crippen LogP contribution in [0.5, 0.6) is 0 Å². The van der Waals surface area contributed by atoms with E-state index in [1.807, 2.05) is 6.92 Å². The van der Waals surface area contributed by atoms with Crippen molar-refractivity contribution in [1.82, 2.24) is 0 Å². The average molecular weight is 365 g/mol. The summed E-state index contributed by atoms with van der Waals surface area (Å²) < 4.78 is 37.2. The smallest absolute Gasteiger partial charge is 0.225 e. The topological polar surface area (TPSA) is 36.9 Å². The second-order valence-corrected chi connectivity index (χ2v) is 6.55. The van der Waals surface area contributed by atoms with E-state index in [9.17, 15) is 4.39 Å². The van der Waals surface area contributed by atoms with Gasteiger partial charge in [-0.2, -0.15) is 0 Å². The Morgan fingerprint density at radius 1 is 0.760 bits per heavy atom. The van der Waals surface area contributed by atoms with Gasteiger partial charge in [-0.15, -0.1) is 0 Å². The van der Waals surface area contributed by atoms with Crippen molar-refractivity contribution in [3.8, 4) is 0 Å². The minimum absolute atomic E-state index is 0.241. The lowest BCUT2D eigenvalue weighted by molar-refractivity contribution is -0.194. The van der Waals surface area contributed by atoms with Crippen LogP contribution >= 0.6 is 0 Å². The molecular weight excluding hydrogens is 323 g/mol. The molecule has 4 nitrogen and oxygen atoms in total. The van der Waals surface area contributed by atoms with Gasteiger partial charge in [-0.05, 0) is 32.6 Å². The van der Waals surface area contributed by atoms with Gasteiger partial charge in [0, 0.05) is 19.8 Å². The van der Waals surface area contributed by atoms with Gasteiger partial charge in [0.25, 0.3) is 0 Å². The number of rotatable bonds is 18. The number of halogens is 1. The third-order valence-corrected chi connectivity index (χ3v) is 4.12. The predicted octanol–water partition coefficient (Wildman–Crippen LogP) is 5.28. The SMILES string of the molecule is CCCCOC[C@@H](OCCCC)C(CC)OC(F)[C@H](C)OCCCC. The van der Waals surface area contributed by atoms with Crippen LogP contribution in [0.15, 0.2) is 0 Å². The maximum Gasteiger partial charge on any atom is 0.225 e. The molecule has 0 spiro atoms. The molecule has 0 aliphatic carbocycles. The number of alkyl halides is 1. The van der Waals surface area contributed by atoms with Gasteiger partial charge in [0.1, 0.15) is 12.2 Å². The van der Waals surface area contributed by atoms with Crippen LogP contribution in [0.4, 0.5) is 4.39 Å². The van der Waals surface area contributed by atoms with Gasteiger partial charge in [-0.25, -0.2) is 4.39 Å². The quantitative estimate of drug-likeness (QED) is 0.310. The van der Waals surface area contributed by atoms with Crippen molar-refractivity contribution in [3.63, 3.8) is 0 Å². The molecule has 25 heavy (non-hydrogen) atoms. The first-order valence-electron chi connectivity index (χ1n) is 10.2. The van der Waals surface area contributed by atoms with E-state index >= 15 is 0 Å². The van der Waals surface area contributed by atoms with Gasteiger partial charge in [-0.3, -0.25) is 0 Å². The zero-order valence-electron chi connectivity index (χ0n) is 17.1. The summed E-state index contributed by atoms with van der Waals surface area (Å²) in [6.45, 7) is 12.4. The van der Waals surface area contributed by atoms with E-state index in [2.05, 4.69) is 20.8 Å². The Hall–Kier alpha value is -0.230. The van der Waals surface area contributed by atoms with Crippen molar-refractivity contribution in [1.29, 1.82) is 0 Å². The summed E-state index contributed by atoms with van der Waals surface area (Å²) in [6, 6.07) is 0. The number of unbranched alkanes of at least 4 members (excludes halogenated alkanes) is 3. The number of hydrogen-bond donors (Lipinski definition) is 0. The normalized spacial score (nSPS) is 16.6. The summed E-state index contributed by atoms with van der Waals surface area (Å²) in [6.07, 6.45) is 4.21. The van der Waals surface area contributed by atoms with Crippen LogP contribution in [0.25, 0.3) is 0 Å². The second-order valence-electron chi connectivity index (χ2n) is 6.55. The summed E-state index contributed by atoms with van der Waals surface area (Å²) in [5.41, 5.74) is 0. The van der Waals surface area contributed by atoms with Crippen LogP contribution in [0.3, 0.4) is 0 Å². The molecule has 0 aromatic rings. The van der Waals surface area contributed by atoms with Crippen molar-refractivity contribution in [3.05, 3.63) is 0 Å². The molecule has 152 valence electrons. The highest BCUT2D eigenvalue weighted by Gasteiger charge is 2.28. The minimum Gasteiger partial charge on any atom is -0.379 e. The molecule has 0 aliphatic heterocycles. The number of ether oxygens (including phenoxy) is 4. The van der Waals surface area contributed by atoms with Crippen molar-refractivity contribution in [2.24, 2.45) is 0 Å². The fourth-order valence-electron chi connectivity index (χ4n) is 2.30. The summed E-state index contributed by atoms with van der Waals surface area (Å²) in [5, 5.41) is 0. The first-order chi connectivity index (χ1) is 12.1. The fraction of sp³-hybridized carbons (Fsp3) is 1.00. The van der Waals surface area contributed by atoms with Crippen molar-refractivity contribution in [2.75, 3.05) is 26.4 Å². The second kappa shape index (κ2) is 17.2. The van der Waals surface area contributed by atoms with Gasteiger partial charge < -0.3 is 18.9 Å². The van der Waals surface area contributed by atoms with E-state index in [0.717, 1.165) is 38.5 Å². The molecule has 0 aromatic heterocycles. The summed E-state index contributed by atoms with van der Waals surface area (Å²) in [5.74, 6) is 0. The molecule has 4 atom stereocenters.